The molecule has 0 amide bonds. The lowest BCUT2D eigenvalue weighted by molar-refractivity contribution is 0.103. The molecule has 24 heavy (non-hydrogen) atoms. The fraction of sp³-hybridized carbons (Fsp3) is 0.190. The molecule has 122 valence electrons. The van der Waals surface area contributed by atoms with Gasteiger partial charge in [0, 0.05) is 36.8 Å². The van der Waals surface area contributed by atoms with Gasteiger partial charge in [-0.3, -0.25) is 4.79 Å². The van der Waals surface area contributed by atoms with Crippen LogP contribution in [0.2, 0.25) is 0 Å². The maximum Gasteiger partial charge on any atom is 0.193 e. The maximum atomic E-state index is 13.0. The summed E-state index contributed by atoms with van der Waals surface area (Å²) in [5.41, 5.74) is 3.52. The molecule has 0 fully saturated rings. The molecule has 0 bridgehead atoms. The zero-order chi connectivity index (χ0) is 17.1. The van der Waals surface area contributed by atoms with E-state index >= 15 is 0 Å². The lowest BCUT2D eigenvalue weighted by Gasteiger charge is -2.15. The molecular weight excluding hydrogens is 298 g/mol. The zero-order valence-electron chi connectivity index (χ0n) is 14.2. The fourth-order valence-electron chi connectivity index (χ4n) is 2.88. The van der Waals surface area contributed by atoms with Crippen molar-refractivity contribution in [1.29, 1.82) is 0 Å². The van der Waals surface area contributed by atoms with E-state index in [2.05, 4.69) is 23.1 Å². The van der Waals surface area contributed by atoms with Gasteiger partial charge in [-0.1, -0.05) is 42.5 Å². The molecule has 1 unspecified atom stereocenters. The van der Waals surface area contributed by atoms with E-state index < -0.39 is 0 Å². The van der Waals surface area contributed by atoms with E-state index in [0.29, 0.717) is 16.9 Å². The van der Waals surface area contributed by atoms with E-state index in [1.807, 2.05) is 62.6 Å². The molecule has 0 N–H and O–H groups in total. The number of ketones is 1. The normalized spacial score (nSPS) is 16.0. The number of benzene rings is 2. The highest BCUT2D eigenvalue weighted by Gasteiger charge is 2.21. The van der Waals surface area contributed by atoms with Crippen LogP contribution in [0.1, 0.15) is 27.4 Å². The average molecular weight is 319 g/mol. The number of ether oxygens (including phenoxy) is 1. The van der Waals surface area contributed by atoms with Crippen molar-refractivity contribution >= 4 is 5.78 Å². The molecule has 3 heteroatoms. The van der Waals surface area contributed by atoms with Gasteiger partial charge in [0.2, 0.25) is 0 Å². The smallest absolute Gasteiger partial charge is 0.193 e. The largest absolute Gasteiger partial charge is 0.497 e. The summed E-state index contributed by atoms with van der Waals surface area (Å²) in [7, 11) is 5.65. The molecule has 2 aromatic carbocycles. The second-order valence-electron chi connectivity index (χ2n) is 6.02. The molecule has 0 saturated heterocycles. The van der Waals surface area contributed by atoms with E-state index in [9.17, 15) is 4.79 Å². The van der Waals surface area contributed by atoms with Gasteiger partial charge >= 0.3 is 0 Å². The van der Waals surface area contributed by atoms with Crippen molar-refractivity contribution in [2.75, 3.05) is 21.2 Å². The van der Waals surface area contributed by atoms with Crippen molar-refractivity contribution in [2.24, 2.45) is 0 Å². The summed E-state index contributed by atoms with van der Waals surface area (Å²) in [4.78, 5) is 15.1. The Morgan fingerprint density at radius 1 is 1.08 bits per heavy atom. The number of methoxy groups -OCH3 is 1. The van der Waals surface area contributed by atoms with Crippen molar-refractivity contribution in [3.63, 3.8) is 0 Å². The Kier molecular flexibility index (Phi) is 4.52. The first-order chi connectivity index (χ1) is 11.6. The molecule has 2 aromatic rings. The second-order valence-corrected chi connectivity index (χ2v) is 6.02. The second kappa shape index (κ2) is 6.75. The summed E-state index contributed by atoms with van der Waals surface area (Å²) in [6.07, 6.45) is 6.38. The van der Waals surface area contributed by atoms with Gasteiger partial charge in [0.05, 0.1) is 7.11 Å². The molecule has 1 atom stereocenters. The van der Waals surface area contributed by atoms with Crippen molar-refractivity contribution in [3.8, 4) is 5.75 Å². The molecule has 0 spiro atoms. The van der Waals surface area contributed by atoms with Crippen LogP contribution in [0.25, 0.3) is 0 Å². The van der Waals surface area contributed by atoms with E-state index in [0.717, 1.165) is 11.3 Å². The number of carbonyl (C=O) groups excluding carboxylic acids is 1. The molecule has 1 aliphatic carbocycles. The number of rotatable bonds is 5. The first kappa shape index (κ1) is 16.1. The lowest BCUT2D eigenvalue weighted by Crippen LogP contribution is -2.09. The van der Waals surface area contributed by atoms with Crippen molar-refractivity contribution in [3.05, 3.63) is 89.1 Å². The first-order valence-corrected chi connectivity index (χ1v) is 7.95. The van der Waals surface area contributed by atoms with Crippen LogP contribution in [0.4, 0.5) is 0 Å². The highest BCUT2D eigenvalue weighted by molar-refractivity contribution is 6.10. The average Bonchev–Trinajstić information content (AvgIpc) is 3.11. The lowest BCUT2D eigenvalue weighted by atomic mass is 9.90. The van der Waals surface area contributed by atoms with Crippen LogP contribution in [0, 0.1) is 0 Å². The molecule has 1 aliphatic rings. The molecule has 0 heterocycles. The van der Waals surface area contributed by atoms with Gasteiger partial charge in [0.15, 0.2) is 5.78 Å². The minimum Gasteiger partial charge on any atom is -0.497 e. The molecule has 3 nitrogen and oxygen atoms in total. The topological polar surface area (TPSA) is 29.5 Å². The molecule has 0 aliphatic heterocycles. The Morgan fingerprint density at radius 2 is 1.83 bits per heavy atom. The molecular formula is C21H21NO2. The third kappa shape index (κ3) is 3.11. The first-order valence-electron chi connectivity index (χ1n) is 7.95. The number of carbonyl (C=O) groups is 1. The van der Waals surface area contributed by atoms with Crippen LogP contribution in [0.5, 0.6) is 5.75 Å². The van der Waals surface area contributed by atoms with Crippen LogP contribution in [-0.2, 0) is 0 Å². The van der Waals surface area contributed by atoms with Crippen molar-refractivity contribution in [2.45, 2.75) is 5.92 Å². The number of hydrogen-bond donors (Lipinski definition) is 0. The predicted octanol–water partition coefficient (Wildman–Crippen LogP) is 4.03. The van der Waals surface area contributed by atoms with Crippen LogP contribution in [-0.4, -0.2) is 31.9 Å². The predicted molar refractivity (Wildman–Crippen MR) is 96.5 cm³/mol. The molecule has 0 saturated carbocycles. The maximum absolute atomic E-state index is 13.0. The van der Waals surface area contributed by atoms with Crippen LogP contribution >= 0.6 is 0 Å². The van der Waals surface area contributed by atoms with E-state index in [1.54, 1.807) is 7.11 Å². The van der Waals surface area contributed by atoms with Crippen LogP contribution in [0.3, 0.4) is 0 Å². The summed E-state index contributed by atoms with van der Waals surface area (Å²) in [5.74, 6) is 0.803. The third-order valence-corrected chi connectivity index (χ3v) is 4.24. The number of likely N-dealkylation sites (N-methyl/N-ethyl adjacent to an activating group) is 1. The highest BCUT2D eigenvalue weighted by Crippen LogP contribution is 2.32. The van der Waals surface area contributed by atoms with E-state index in [1.165, 1.54) is 0 Å². The standard InChI is InChI=1S/C21H21NO2/c1-22(2)17-10-9-16(13-17)19-12-11-18(24-3)14-20(19)21(23)15-7-5-4-6-8-15/h4-14,16H,1-3H3. The van der Waals surface area contributed by atoms with Gasteiger partial charge in [-0.15, -0.1) is 0 Å². The Morgan fingerprint density at radius 3 is 2.46 bits per heavy atom. The summed E-state index contributed by atoms with van der Waals surface area (Å²) < 4.78 is 5.32. The van der Waals surface area contributed by atoms with E-state index in [4.69, 9.17) is 4.74 Å². The van der Waals surface area contributed by atoms with Crippen LogP contribution < -0.4 is 4.74 Å². The Labute approximate surface area is 142 Å². The summed E-state index contributed by atoms with van der Waals surface area (Å²) in [6, 6.07) is 15.1. The highest BCUT2D eigenvalue weighted by atomic mass is 16.5. The van der Waals surface area contributed by atoms with Gasteiger partial charge in [-0.25, -0.2) is 0 Å². The molecule has 0 radical (unpaired) electrons. The Bertz CT molecular complexity index is 804. The van der Waals surface area contributed by atoms with E-state index in [-0.39, 0.29) is 11.7 Å². The van der Waals surface area contributed by atoms with Gasteiger partial charge in [0.1, 0.15) is 5.75 Å². The van der Waals surface area contributed by atoms with Crippen molar-refractivity contribution < 1.29 is 9.53 Å². The van der Waals surface area contributed by atoms with Crippen molar-refractivity contribution in [1.82, 2.24) is 4.90 Å². The van der Waals surface area contributed by atoms with Gasteiger partial charge < -0.3 is 9.64 Å². The molecule has 0 aromatic heterocycles. The SMILES string of the molecule is COc1ccc(C2C=CC(N(C)C)=C2)c(C(=O)c2ccccc2)c1. The fourth-order valence-corrected chi connectivity index (χ4v) is 2.88. The molecule has 3 rings (SSSR count). The number of nitrogens with zero attached hydrogens (tertiary/aromatic N) is 1. The summed E-state index contributed by atoms with van der Waals surface area (Å²) >= 11 is 0. The van der Waals surface area contributed by atoms with Gasteiger partial charge in [-0.2, -0.15) is 0 Å². The third-order valence-electron chi connectivity index (χ3n) is 4.24. The number of allylic oxidation sites excluding steroid dienone is 3. The summed E-state index contributed by atoms with van der Waals surface area (Å²) in [6.45, 7) is 0. The van der Waals surface area contributed by atoms with Crippen LogP contribution in [0.15, 0.2) is 72.5 Å². The quantitative estimate of drug-likeness (QED) is 0.780. The van der Waals surface area contributed by atoms with Gasteiger partial charge in [0.25, 0.3) is 0 Å². The summed E-state index contributed by atoms with van der Waals surface area (Å²) in [5, 5.41) is 0. The Hall–Kier alpha value is -2.81. The monoisotopic (exact) mass is 319 g/mol. The minimum atomic E-state index is 0.0182. The minimum absolute atomic E-state index is 0.0182. The number of hydrogen-bond acceptors (Lipinski definition) is 3. The van der Waals surface area contributed by atoms with Gasteiger partial charge in [-0.05, 0) is 29.8 Å². The zero-order valence-corrected chi connectivity index (χ0v) is 14.2. The Balaban J connectivity index is 2.05.